The van der Waals surface area contributed by atoms with Gasteiger partial charge in [-0.05, 0) is 32.4 Å². The molecule has 0 spiro atoms. The van der Waals surface area contributed by atoms with Crippen LogP contribution < -0.4 is 0 Å². The van der Waals surface area contributed by atoms with Gasteiger partial charge in [0.05, 0.1) is 0 Å². The largest absolute Gasteiger partial charge is 0.457 e. The van der Waals surface area contributed by atoms with Crippen LogP contribution in [-0.4, -0.2) is 36.6 Å². The lowest BCUT2D eigenvalue weighted by Gasteiger charge is -2.18. The number of rotatable bonds is 8. The molecule has 0 rings (SSSR count). The fraction of sp³-hybridized carbons (Fsp3) is 0.429. The van der Waals surface area contributed by atoms with E-state index in [1.54, 1.807) is 19.1 Å². The lowest BCUT2D eigenvalue weighted by atomic mass is 10.1. The zero-order valence-electron chi connectivity index (χ0n) is 17.0. The zero-order chi connectivity index (χ0) is 21.7. The molecule has 1 atom stereocenters. The highest BCUT2D eigenvalue weighted by atomic mass is 16.7. The molecule has 0 aromatic heterocycles. The minimum Gasteiger partial charge on any atom is -0.457 e. The van der Waals surface area contributed by atoms with Crippen molar-refractivity contribution in [2.24, 2.45) is 0 Å². The van der Waals surface area contributed by atoms with Crippen LogP contribution in [0.2, 0.25) is 0 Å². The van der Waals surface area contributed by atoms with E-state index in [-0.39, 0.29) is 12.0 Å². The van der Waals surface area contributed by atoms with Crippen molar-refractivity contribution in [3.05, 3.63) is 34.9 Å². The van der Waals surface area contributed by atoms with Gasteiger partial charge in [0.15, 0.2) is 0 Å². The third-order valence-corrected chi connectivity index (χ3v) is 2.98. The average molecular weight is 390 g/mol. The number of carbonyl (C=O) groups excluding carboxylic acids is 4. The van der Waals surface area contributed by atoms with Crippen LogP contribution in [0.5, 0.6) is 0 Å². The van der Waals surface area contributed by atoms with Crippen LogP contribution in [0.25, 0.3) is 0 Å². The molecule has 0 fully saturated rings. The van der Waals surface area contributed by atoms with Crippen LogP contribution in [0.3, 0.4) is 0 Å². The van der Waals surface area contributed by atoms with Crippen molar-refractivity contribution in [3.63, 3.8) is 0 Å². The molecule has 0 saturated heterocycles. The average Bonchev–Trinajstić information content (AvgIpc) is 2.54. The molecule has 0 aliphatic carbocycles. The van der Waals surface area contributed by atoms with Gasteiger partial charge in [-0.3, -0.25) is 19.2 Å². The molecule has 0 aromatic carbocycles. The first kappa shape index (κ1) is 24.9. The van der Waals surface area contributed by atoms with Crippen molar-refractivity contribution < 1.29 is 33.4 Å². The quantitative estimate of drug-likeness (QED) is 0.207. The van der Waals surface area contributed by atoms with Gasteiger partial charge in [0, 0.05) is 38.8 Å². The maximum atomic E-state index is 11.5. The Balaban J connectivity index is 5.65. The summed E-state index contributed by atoms with van der Waals surface area (Å²) in [4.78, 5) is 45.3. The minimum absolute atomic E-state index is 0.0102. The lowest BCUT2D eigenvalue weighted by Crippen LogP contribution is -2.25. The molecule has 0 radical (unpaired) electrons. The van der Waals surface area contributed by atoms with Gasteiger partial charge < -0.3 is 14.2 Å². The van der Waals surface area contributed by atoms with Crippen molar-refractivity contribution >= 4 is 24.2 Å². The Morgan fingerprint density at radius 2 is 1.43 bits per heavy atom. The molecule has 0 N–H and O–H groups in total. The van der Waals surface area contributed by atoms with Crippen LogP contribution in [-0.2, 0) is 33.4 Å². The third-order valence-electron chi connectivity index (χ3n) is 2.98. The monoisotopic (exact) mass is 390 g/mol. The predicted molar refractivity (Wildman–Crippen MR) is 103 cm³/mol. The number of hydrogen-bond acceptors (Lipinski definition) is 7. The Morgan fingerprint density at radius 3 is 1.86 bits per heavy atom. The van der Waals surface area contributed by atoms with E-state index in [1.165, 1.54) is 6.92 Å². The second-order valence-electron chi connectivity index (χ2n) is 6.08. The van der Waals surface area contributed by atoms with Gasteiger partial charge in [-0.15, -0.1) is 0 Å². The van der Waals surface area contributed by atoms with E-state index in [9.17, 15) is 19.2 Å². The van der Waals surface area contributed by atoms with Gasteiger partial charge in [-0.1, -0.05) is 23.5 Å². The molecule has 7 nitrogen and oxygen atoms in total. The first-order valence-electron chi connectivity index (χ1n) is 8.55. The van der Waals surface area contributed by atoms with Gasteiger partial charge in [0.2, 0.25) is 0 Å². The Morgan fingerprint density at radius 1 is 0.893 bits per heavy atom. The fourth-order valence-corrected chi connectivity index (χ4v) is 1.88. The Bertz CT molecular complexity index is 724. The molecule has 0 aliphatic heterocycles. The van der Waals surface area contributed by atoms with E-state index in [1.807, 2.05) is 13.8 Å². The molecule has 7 heteroatoms. The molecular weight excluding hydrogens is 364 g/mol. The van der Waals surface area contributed by atoms with E-state index < -0.39 is 30.3 Å². The standard InChI is InChI=1S/C21H26O7/c1-14(2)8-7-9-15(3)10-11-20(26-16(4)23)19(13-22)12-21(27-17(5)24)28-18(6)25/h8,10,12-13,20-21H,11H2,1-6H3/b15-10-,19-12-/t20-/m1/s1. The molecule has 0 saturated carbocycles. The summed E-state index contributed by atoms with van der Waals surface area (Å²) >= 11 is 0. The van der Waals surface area contributed by atoms with Crippen LogP contribution >= 0.6 is 0 Å². The maximum absolute atomic E-state index is 11.5. The van der Waals surface area contributed by atoms with E-state index in [0.717, 1.165) is 31.1 Å². The van der Waals surface area contributed by atoms with Gasteiger partial charge in [-0.2, -0.15) is 0 Å². The number of hydrogen-bond donors (Lipinski definition) is 0. The molecule has 0 amide bonds. The van der Waals surface area contributed by atoms with E-state index in [0.29, 0.717) is 6.29 Å². The summed E-state index contributed by atoms with van der Waals surface area (Å²) < 4.78 is 14.9. The van der Waals surface area contributed by atoms with Crippen LogP contribution in [0.15, 0.2) is 34.9 Å². The number of esters is 3. The first-order valence-corrected chi connectivity index (χ1v) is 8.55. The number of aldehydes is 1. The van der Waals surface area contributed by atoms with Crippen molar-refractivity contribution in [2.75, 3.05) is 0 Å². The Kier molecular flexibility index (Phi) is 11.6. The van der Waals surface area contributed by atoms with Gasteiger partial charge in [0.1, 0.15) is 12.4 Å². The summed E-state index contributed by atoms with van der Waals surface area (Å²) in [6.45, 7) is 9.09. The fourth-order valence-electron chi connectivity index (χ4n) is 1.88. The van der Waals surface area contributed by atoms with Gasteiger partial charge in [-0.25, -0.2) is 0 Å². The van der Waals surface area contributed by atoms with Crippen LogP contribution in [0, 0.1) is 11.8 Å². The van der Waals surface area contributed by atoms with E-state index >= 15 is 0 Å². The van der Waals surface area contributed by atoms with Crippen LogP contribution in [0.1, 0.15) is 48.0 Å². The highest BCUT2D eigenvalue weighted by Crippen LogP contribution is 2.15. The van der Waals surface area contributed by atoms with Crippen molar-refractivity contribution in [1.82, 2.24) is 0 Å². The molecule has 0 aromatic rings. The lowest BCUT2D eigenvalue weighted by molar-refractivity contribution is -0.176. The van der Waals surface area contributed by atoms with E-state index in [2.05, 4.69) is 11.8 Å². The SMILES string of the molecule is CC(=O)OC(/C=C(/C=O)[C@@H](C/C=C(/C)C#CC=C(C)C)OC(C)=O)OC(C)=O. The number of ether oxygens (including phenoxy) is 3. The second kappa shape index (κ2) is 13.1. The zero-order valence-corrected chi connectivity index (χ0v) is 17.0. The van der Waals surface area contributed by atoms with Gasteiger partial charge >= 0.3 is 17.9 Å². The highest BCUT2D eigenvalue weighted by molar-refractivity contribution is 5.77. The predicted octanol–water partition coefficient (Wildman–Crippen LogP) is 2.80. The Hall–Kier alpha value is -3.14. The highest BCUT2D eigenvalue weighted by Gasteiger charge is 2.21. The van der Waals surface area contributed by atoms with Gasteiger partial charge in [0.25, 0.3) is 6.29 Å². The molecule has 0 heterocycles. The summed E-state index contributed by atoms with van der Waals surface area (Å²) in [7, 11) is 0. The van der Waals surface area contributed by atoms with E-state index in [4.69, 9.17) is 14.2 Å². The number of allylic oxidation sites excluding steroid dienone is 3. The summed E-state index contributed by atoms with van der Waals surface area (Å²) in [6.07, 6.45) is 2.85. The third kappa shape index (κ3) is 12.3. The normalized spacial score (nSPS) is 12.2. The van der Waals surface area contributed by atoms with Crippen LogP contribution in [0.4, 0.5) is 0 Å². The minimum atomic E-state index is -1.41. The van der Waals surface area contributed by atoms with Crippen molar-refractivity contribution in [3.8, 4) is 11.8 Å². The second-order valence-corrected chi connectivity index (χ2v) is 6.08. The summed E-state index contributed by atoms with van der Waals surface area (Å²) in [5, 5.41) is 0. The molecule has 28 heavy (non-hydrogen) atoms. The smallest absolute Gasteiger partial charge is 0.305 e. The van der Waals surface area contributed by atoms with Crippen molar-refractivity contribution in [2.45, 2.75) is 60.4 Å². The maximum Gasteiger partial charge on any atom is 0.305 e. The summed E-state index contributed by atoms with van der Waals surface area (Å²) in [5.74, 6) is 3.79. The molecule has 0 aliphatic rings. The molecule has 0 unspecified atom stereocenters. The summed E-state index contributed by atoms with van der Waals surface area (Å²) in [6, 6.07) is 0. The molecule has 0 bridgehead atoms. The van der Waals surface area contributed by atoms with Crippen molar-refractivity contribution in [1.29, 1.82) is 0 Å². The number of carbonyl (C=O) groups is 4. The summed E-state index contributed by atoms with van der Waals surface area (Å²) in [5.41, 5.74) is 1.77. The molecular formula is C21H26O7. The first-order chi connectivity index (χ1) is 13.0. The molecule has 152 valence electrons. The Labute approximate surface area is 165 Å². The topological polar surface area (TPSA) is 96.0 Å².